The lowest BCUT2D eigenvalue weighted by molar-refractivity contribution is 0.0995. The van der Waals surface area contributed by atoms with Crippen LogP contribution in [0.15, 0.2) is 68.2 Å². The van der Waals surface area contributed by atoms with Gasteiger partial charge in [-0.2, -0.15) is 0 Å². The van der Waals surface area contributed by atoms with E-state index in [4.69, 9.17) is 0 Å². The monoisotopic (exact) mass is 719 g/mol. The Kier molecular flexibility index (Phi) is 7.41. The maximum atomic E-state index is 13.6. The van der Waals surface area contributed by atoms with Crippen LogP contribution in [0.5, 0.6) is 0 Å². The zero-order valence-electron chi connectivity index (χ0n) is 24.4. The number of rotatable bonds is 5. The first-order valence-electron chi connectivity index (χ1n) is 13.8. The topological polar surface area (TPSA) is 46.2 Å². The van der Waals surface area contributed by atoms with Crippen LogP contribution in [0.4, 0.5) is 5.69 Å². The van der Waals surface area contributed by atoms with Crippen LogP contribution in [0.2, 0.25) is 0 Å². The Morgan fingerprint density at radius 3 is 1.76 bits per heavy atom. The zero-order chi connectivity index (χ0) is 30.1. The Hall–Kier alpha value is -2.58. The number of ketones is 1. The molecule has 0 saturated carbocycles. The van der Waals surface area contributed by atoms with E-state index in [0.29, 0.717) is 11.3 Å². The van der Waals surface area contributed by atoms with Crippen molar-refractivity contribution in [2.45, 2.75) is 58.8 Å². The molecule has 2 heterocycles. The Balaban J connectivity index is 1.76. The summed E-state index contributed by atoms with van der Waals surface area (Å²) < 4.78 is 1.78. The largest absolute Gasteiger partial charge is 0.320 e. The molecule has 0 spiro atoms. The van der Waals surface area contributed by atoms with E-state index in [1.54, 1.807) is 0 Å². The second-order valence-corrected chi connectivity index (χ2v) is 16.4. The number of carbonyl (C=O) groups is 2. The molecule has 0 bridgehead atoms. The number of carbonyl (C=O) groups excluding carboxylic acids is 2. The van der Waals surface area contributed by atoms with E-state index in [0.717, 1.165) is 68.5 Å². The lowest BCUT2D eigenvalue weighted by atomic mass is 9.79. The van der Waals surface area contributed by atoms with E-state index >= 15 is 0 Å². The molecule has 0 aliphatic carbocycles. The molecular formula is C35H31Br2NO2S2. The van der Waals surface area contributed by atoms with Crippen molar-refractivity contribution in [1.29, 1.82) is 0 Å². The van der Waals surface area contributed by atoms with Crippen molar-refractivity contribution in [2.24, 2.45) is 0 Å². The normalized spacial score (nSPS) is 12.6. The molecule has 1 amide bonds. The molecule has 4 aromatic carbocycles. The first kappa shape index (κ1) is 29.5. The van der Waals surface area contributed by atoms with Gasteiger partial charge in [-0.15, -0.1) is 22.7 Å². The van der Waals surface area contributed by atoms with Crippen molar-refractivity contribution < 1.29 is 9.59 Å². The molecule has 1 N–H and O–H groups in total. The van der Waals surface area contributed by atoms with Crippen LogP contribution in [0.3, 0.4) is 0 Å². The highest BCUT2D eigenvalue weighted by Gasteiger charge is 2.28. The summed E-state index contributed by atoms with van der Waals surface area (Å²) in [4.78, 5) is 28.4. The van der Waals surface area contributed by atoms with Gasteiger partial charge >= 0.3 is 0 Å². The van der Waals surface area contributed by atoms with Crippen molar-refractivity contribution in [3.63, 3.8) is 0 Å². The lowest BCUT2D eigenvalue weighted by Gasteiger charge is -2.27. The van der Waals surface area contributed by atoms with Gasteiger partial charge in [-0.1, -0.05) is 59.7 Å². The molecule has 3 nitrogen and oxygen atoms in total. The Bertz CT molecular complexity index is 1850. The summed E-state index contributed by atoms with van der Waals surface area (Å²) in [6.07, 6.45) is 0.291. The number of hydrogen-bond acceptors (Lipinski definition) is 4. The fourth-order valence-electron chi connectivity index (χ4n) is 5.57. The number of thiophene rings is 2. The second kappa shape index (κ2) is 10.5. The Morgan fingerprint density at radius 2 is 1.21 bits per heavy atom. The van der Waals surface area contributed by atoms with Crippen LogP contribution in [0.1, 0.15) is 77.6 Å². The summed E-state index contributed by atoms with van der Waals surface area (Å²) >= 11 is 10.9. The van der Waals surface area contributed by atoms with Crippen LogP contribution in [0.25, 0.3) is 32.3 Å². The number of Topliss-reactive ketones (excluding diaryl/α,β-unsaturated/α-hetero) is 1. The van der Waals surface area contributed by atoms with Gasteiger partial charge < -0.3 is 5.32 Å². The van der Waals surface area contributed by atoms with Gasteiger partial charge in [0.05, 0.1) is 15.4 Å². The van der Waals surface area contributed by atoms with Gasteiger partial charge in [0.15, 0.2) is 5.78 Å². The van der Waals surface area contributed by atoms with Crippen molar-refractivity contribution in [1.82, 2.24) is 0 Å². The molecule has 2 aromatic heterocycles. The SMILES string of the molecule is CC(C)(C)c1cc2c(Br)c(NC(=O)c3cccs3)c3cc(C(C)(C)C)cc4c(Br)c(CC(=O)c5cccs5)c(c1)c2c43. The molecule has 0 saturated heterocycles. The van der Waals surface area contributed by atoms with Crippen LogP contribution < -0.4 is 5.32 Å². The van der Waals surface area contributed by atoms with Gasteiger partial charge in [-0.3, -0.25) is 9.59 Å². The molecule has 214 valence electrons. The minimum Gasteiger partial charge on any atom is -0.320 e. The van der Waals surface area contributed by atoms with E-state index < -0.39 is 0 Å². The summed E-state index contributed by atoms with van der Waals surface area (Å²) in [5, 5.41) is 13.4. The molecule has 42 heavy (non-hydrogen) atoms. The molecule has 0 unspecified atom stereocenters. The van der Waals surface area contributed by atoms with Crippen LogP contribution in [-0.4, -0.2) is 11.7 Å². The number of amides is 1. The summed E-state index contributed by atoms with van der Waals surface area (Å²) in [5.41, 5.74) is 3.80. The van der Waals surface area contributed by atoms with E-state index in [1.807, 2.05) is 35.0 Å². The predicted molar refractivity (Wildman–Crippen MR) is 188 cm³/mol. The first-order valence-corrected chi connectivity index (χ1v) is 17.2. The predicted octanol–water partition coefficient (Wildman–Crippen LogP) is 11.5. The third kappa shape index (κ3) is 5.02. The van der Waals surface area contributed by atoms with Crippen LogP contribution in [-0.2, 0) is 17.3 Å². The number of hydrogen-bond donors (Lipinski definition) is 1. The minimum atomic E-state index is -0.141. The van der Waals surface area contributed by atoms with Crippen molar-refractivity contribution in [3.05, 3.63) is 94.7 Å². The second-order valence-electron chi connectivity index (χ2n) is 12.9. The third-order valence-corrected chi connectivity index (χ3v) is 11.4. The molecule has 6 rings (SSSR count). The molecule has 0 aliphatic heterocycles. The highest BCUT2D eigenvalue weighted by molar-refractivity contribution is 9.11. The van der Waals surface area contributed by atoms with Crippen molar-refractivity contribution in [2.75, 3.05) is 5.32 Å². The average Bonchev–Trinajstić information content (AvgIpc) is 3.66. The maximum Gasteiger partial charge on any atom is 0.265 e. The summed E-state index contributed by atoms with van der Waals surface area (Å²) in [6.45, 7) is 13.2. The van der Waals surface area contributed by atoms with Gasteiger partial charge in [0, 0.05) is 26.1 Å². The number of anilines is 1. The van der Waals surface area contributed by atoms with E-state index in [1.165, 1.54) is 22.7 Å². The lowest BCUT2D eigenvalue weighted by Crippen LogP contribution is -2.15. The minimum absolute atomic E-state index is 0.108. The standard InChI is InChI=1S/C35H31Br2NO2S2/c1-34(2,3)18-13-20-21(17-25(39)26-9-7-11-41-26)30(36)22-14-19(35(4,5)6)16-24-29(22)28(20)23(15-18)31(37)32(24)38-33(40)27-10-8-12-42-27/h7-16H,17H2,1-6H3,(H,38,40). The Labute approximate surface area is 270 Å². The number of benzene rings is 4. The van der Waals surface area contributed by atoms with Crippen molar-refractivity contribution in [3.8, 4) is 0 Å². The van der Waals surface area contributed by atoms with E-state index in [9.17, 15) is 9.59 Å². The molecule has 0 aliphatic rings. The molecule has 6 aromatic rings. The number of halogens is 2. The maximum absolute atomic E-state index is 13.6. The summed E-state index contributed by atoms with van der Waals surface area (Å²) in [7, 11) is 0. The molecule has 7 heteroatoms. The molecular weight excluding hydrogens is 690 g/mol. The van der Waals surface area contributed by atoms with Gasteiger partial charge in [0.2, 0.25) is 0 Å². The fourth-order valence-corrected chi connectivity index (χ4v) is 8.14. The first-order chi connectivity index (χ1) is 19.8. The zero-order valence-corrected chi connectivity index (χ0v) is 29.2. The molecule has 0 fully saturated rings. The van der Waals surface area contributed by atoms with Gasteiger partial charge in [0.1, 0.15) is 0 Å². The average molecular weight is 722 g/mol. The van der Waals surface area contributed by atoms with Gasteiger partial charge in [-0.25, -0.2) is 0 Å². The quantitative estimate of drug-likeness (QED) is 0.142. The van der Waals surface area contributed by atoms with E-state index in [-0.39, 0.29) is 22.5 Å². The highest BCUT2D eigenvalue weighted by atomic mass is 79.9. The van der Waals surface area contributed by atoms with Gasteiger partial charge in [0.25, 0.3) is 5.91 Å². The van der Waals surface area contributed by atoms with Crippen molar-refractivity contribution >= 4 is 104 Å². The van der Waals surface area contributed by atoms with Gasteiger partial charge in [-0.05, 0) is 122 Å². The fraction of sp³-hybridized carbons (Fsp3) is 0.257. The molecule has 0 atom stereocenters. The van der Waals surface area contributed by atoms with E-state index in [2.05, 4.69) is 103 Å². The Morgan fingerprint density at radius 1 is 0.714 bits per heavy atom. The third-order valence-electron chi connectivity index (χ3n) is 7.93. The molecule has 0 radical (unpaired) electrons. The van der Waals surface area contributed by atoms with Crippen LogP contribution >= 0.6 is 54.5 Å². The smallest absolute Gasteiger partial charge is 0.265 e. The van der Waals surface area contributed by atoms with Crippen LogP contribution in [0, 0.1) is 0 Å². The number of nitrogens with one attached hydrogen (secondary N) is 1. The highest BCUT2D eigenvalue weighted by Crippen LogP contribution is 2.50. The summed E-state index contributed by atoms with van der Waals surface area (Å²) in [5.74, 6) is -0.0213. The summed E-state index contributed by atoms with van der Waals surface area (Å²) in [6, 6.07) is 16.5.